The molecule has 2 saturated heterocycles. The summed E-state index contributed by atoms with van der Waals surface area (Å²) in [6, 6.07) is 12.2. The van der Waals surface area contributed by atoms with Crippen LogP contribution in [0.5, 0.6) is 5.75 Å². The molecule has 2 aliphatic heterocycles. The van der Waals surface area contributed by atoms with Crippen LogP contribution in [0, 0.1) is 6.92 Å². The Morgan fingerprint density at radius 2 is 1.83 bits per heavy atom. The fraction of sp³-hybridized carbons (Fsp3) is 0.556. The molecule has 5 rings (SSSR count). The zero-order chi connectivity index (χ0) is 32.5. The highest BCUT2D eigenvalue weighted by molar-refractivity contribution is 6.30. The molecular weight excluding hydrogens is 606 g/mol. The Morgan fingerprint density at radius 1 is 1.04 bits per heavy atom. The van der Waals surface area contributed by atoms with E-state index in [0.29, 0.717) is 17.2 Å². The van der Waals surface area contributed by atoms with Crippen molar-refractivity contribution in [3.05, 3.63) is 64.3 Å². The van der Waals surface area contributed by atoms with Gasteiger partial charge >= 0.3 is 11.9 Å². The van der Waals surface area contributed by atoms with E-state index in [0.717, 1.165) is 100 Å². The van der Waals surface area contributed by atoms with Gasteiger partial charge in [-0.1, -0.05) is 11.6 Å². The van der Waals surface area contributed by atoms with E-state index in [1.807, 2.05) is 25.1 Å². The molecule has 1 aromatic heterocycles. The van der Waals surface area contributed by atoms with Crippen molar-refractivity contribution in [3.63, 3.8) is 0 Å². The van der Waals surface area contributed by atoms with E-state index in [4.69, 9.17) is 30.5 Å². The molecule has 9 nitrogen and oxygen atoms in total. The van der Waals surface area contributed by atoms with Gasteiger partial charge in [-0.3, -0.25) is 9.69 Å². The molecule has 0 amide bonds. The van der Waals surface area contributed by atoms with Gasteiger partial charge in [0.1, 0.15) is 5.75 Å². The van der Waals surface area contributed by atoms with Crippen molar-refractivity contribution in [2.24, 2.45) is 0 Å². The van der Waals surface area contributed by atoms with Crippen molar-refractivity contribution >= 4 is 34.4 Å². The van der Waals surface area contributed by atoms with Crippen molar-refractivity contribution in [1.29, 1.82) is 0 Å². The second-order valence-corrected chi connectivity index (χ2v) is 13.0. The number of hydrogen-bond acceptors (Lipinski definition) is 8. The number of rotatable bonds is 14. The van der Waals surface area contributed by atoms with Gasteiger partial charge in [-0.25, -0.2) is 4.79 Å². The normalized spacial score (nSPS) is 19.2. The van der Waals surface area contributed by atoms with E-state index in [1.54, 1.807) is 31.4 Å². The van der Waals surface area contributed by atoms with Gasteiger partial charge in [0.05, 0.1) is 18.6 Å². The Hall–Kier alpha value is -2.95. The van der Waals surface area contributed by atoms with Gasteiger partial charge in [-0.2, -0.15) is 0 Å². The highest BCUT2D eigenvalue weighted by atomic mass is 35.5. The number of unbranched alkanes of at least 4 members (excludes halogenated alkanes) is 2. The summed E-state index contributed by atoms with van der Waals surface area (Å²) in [7, 11) is 1.63. The molecule has 0 spiro atoms. The molecule has 2 aliphatic rings. The van der Waals surface area contributed by atoms with Crippen molar-refractivity contribution in [3.8, 4) is 5.75 Å². The van der Waals surface area contributed by atoms with E-state index in [2.05, 4.69) is 21.7 Å². The lowest BCUT2D eigenvalue weighted by Crippen LogP contribution is -2.50. The summed E-state index contributed by atoms with van der Waals surface area (Å²) in [6.45, 7) is 10.6. The number of esters is 2. The van der Waals surface area contributed by atoms with Crippen molar-refractivity contribution in [2.75, 3.05) is 53.0 Å². The molecule has 2 aromatic carbocycles. The Morgan fingerprint density at radius 3 is 2.54 bits per heavy atom. The number of halogens is 1. The number of nitrogens with zero attached hydrogens (tertiary/aromatic N) is 2. The summed E-state index contributed by atoms with van der Waals surface area (Å²) >= 11 is 6.00. The summed E-state index contributed by atoms with van der Waals surface area (Å²) in [5.74, 6) is -1.19. The Kier molecular flexibility index (Phi) is 12.5. The molecule has 2 fully saturated rings. The van der Waals surface area contributed by atoms with Crippen LogP contribution in [0.2, 0.25) is 5.02 Å². The third-order valence-electron chi connectivity index (χ3n) is 9.32. The number of nitrogens with one attached hydrogen (secondary N) is 1. The van der Waals surface area contributed by atoms with Gasteiger partial charge in [0.15, 0.2) is 6.29 Å². The van der Waals surface area contributed by atoms with Crippen molar-refractivity contribution in [1.82, 2.24) is 14.8 Å². The second kappa shape index (κ2) is 16.7. The maximum Gasteiger partial charge on any atom is 0.345 e. The lowest BCUT2D eigenvalue weighted by Gasteiger charge is -2.39. The minimum Gasteiger partial charge on any atom is -0.497 e. The van der Waals surface area contributed by atoms with Gasteiger partial charge in [0, 0.05) is 67.1 Å². The minimum absolute atomic E-state index is 0.00282. The van der Waals surface area contributed by atoms with E-state index in [-0.39, 0.29) is 17.9 Å². The number of H-pyrrole nitrogens is 1. The molecule has 0 radical (unpaired) electrons. The molecule has 3 unspecified atom stereocenters. The van der Waals surface area contributed by atoms with Crippen LogP contribution in [0.4, 0.5) is 0 Å². The Labute approximate surface area is 277 Å². The highest BCUT2D eigenvalue weighted by Crippen LogP contribution is 2.36. The van der Waals surface area contributed by atoms with Gasteiger partial charge < -0.3 is 28.8 Å². The smallest absolute Gasteiger partial charge is 0.345 e. The molecule has 0 bridgehead atoms. The predicted molar refractivity (Wildman–Crippen MR) is 180 cm³/mol. The number of fused-ring (bicyclic) bond motifs is 1. The molecule has 3 heterocycles. The third kappa shape index (κ3) is 9.10. The topological polar surface area (TPSA) is 93.3 Å². The molecule has 1 N–H and O–H groups in total. The number of aromatic nitrogens is 1. The molecule has 0 saturated carbocycles. The Bertz CT molecular complexity index is 1430. The number of piperazine rings is 1. The molecule has 3 aromatic rings. The summed E-state index contributed by atoms with van der Waals surface area (Å²) in [5.41, 5.74) is 2.90. The minimum atomic E-state index is -0.683. The lowest BCUT2D eigenvalue weighted by molar-refractivity contribution is -0.162. The Balaban J connectivity index is 1.18. The summed E-state index contributed by atoms with van der Waals surface area (Å²) in [4.78, 5) is 35.2. The number of ether oxygens (including phenoxy) is 4. The average Bonchev–Trinajstić information content (AvgIpc) is 3.40. The number of aromatic amines is 1. The van der Waals surface area contributed by atoms with Crippen molar-refractivity contribution in [2.45, 2.75) is 77.0 Å². The van der Waals surface area contributed by atoms with Crippen LogP contribution in [0.1, 0.15) is 79.4 Å². The third-order valence-corrected chi connectivity index (χ3v) is 9.57. The lowest BCUT2D eigenvalue weighted by atomic mass is 9.89. The van der Waals surface area contributed by atoms with Crippen LogP contribution in [-0.4, -0.2) is 92.1 Å². The first-order valence-corrected chi connectivity index (χ1v) is 17.1. The number of hydrogen-bond donors (Lipinski definition) is 1. The van der Waals surface area contributed by atoms with Crippen LogP contribution in [-0.2, 0) is 19.0 Å². The van der Waals surface area contributed by atoms with Crippen LogP contribution < -0.4 is 4.74 Å². The first-order valence-electron chi connectivity index (χ1n) is 16.7. The number of carbonyl (C=O) groups is 2. The number of methoxy groups -OCH3 is 1. The second-order valence-electron chi connectivity index (χ2n) is 12.5. The summed E-state index contributed by atoms with van der Waals surface area (Å²) in [6.07, 6.45) is 7.24. The average molecular weight is 654 g/mol. The van der Waals surface area contributed by atoms with Gasteiger partial charge in [-0.15, -0.1) is 0 Å². The van der Waals surface area contributed by atoms with Crippen LogP contribution in [0.15, 0.2) is 42.5 Å². The van der Waals surface area contributed by atoms with Crippen LogP contribution in [0.3, 0.4) is 0 Å². The standard InChI is InChI=1S/C36H48ClN3O6/c1-25(40-19-17-39(18-20-40)16-6-4-7-21-44-33-9-5-8-22-45-33)23-31(36(42)46-35(41)27-10-12-28(37)13-11-27)34-26(2)38-32-15-14-29(43-3)24-30(32)34/h10-15,24-25,31,33,38H,4-9,16-23H2,1-3H3. The van der Waals surface area contributed by atoms with Gasteiger partial charge in [0.2, 0.25) is 0 Å². The molecular formula is C36H48ClN3O6. The maximum absolute atomic E-state index is 13.8. The van der Waals surface area contributed by atoms with Crippen LogP contribution in [0.25, 0.3) is 10.9 Å². The zero-order valence-electron chi connectivity index (χ0n) is 27.4. The molecule has 10 heteroatoms. The zero-order valence-corrected chi connectivity index (χ0v) is 28.2. The largest absolute Gasteiger partial charge is 0.497 e. The highest BCUT2D eigenvalue weighted by Gasteiger charge is 2.33. The fourth-order valence-corrected chi connectivity index (χ4v) is 6.76. The molecule has 46 heavy (non-hydrogen) atoms. The summed E-state index contributed by atoms with van der Waals surface area (Å²) < 4.78 is 22.6. The van der Waals surface area contributed by atoms with Gasteiger partial charge in [0.25, 0.3) is 0 Å². The number of benzene rings is 2. The first-order chi connectivity index (χ1) is 22.3. The SMILES string of the molecule is COc1ccc2[nH]c(C)c(C(CC(C)N3CCN(CCCCCOC4CCCCO4)CC3)C(=O)OC(=O)c3ccc(Cl)cc3)c2c1. The maximum atomic E-state index is 13.8. The van der Waals surface area contributed by atoms with Crippen LogP contribution >= 0.6 is 11.6 Å². The number of aryl methyl sites for hydroxylation is 1. The molecule has 3 atom stereocenters. The molecule has 250 valence electrons. The van der Waals surface area contributed by atoms with E-state index in [1.165, 1.54) is 6.42 Å². The summed E-state index contributed by atoms with van der Waals surface area (Å²) in [5, 5.41) is 1.40. The quantitative estimate of drug-likeness (QED) is 0.117. The monoisotopic (exact) mass is 653 g/mol. The number of carbonyl (C=O) groups excluding carboxylic acids is 2. The fourth-order valence-electron chi connectivity index (χ4n) is 6.63. The molecule has 0 aliphatic carbocycles. The van der Waals surface area contributed by atoms with Gasteiger partial charge in [-0.05, 0) is 113 Å². The van der Waals surface area contributed by atoms with Crippen molar-refractivity contribution < 1.29 is 28.5 Å². The first kappa shape index (κ1) is 34.4. The predicted octanol–water partition coefficient (Wildman–Crippen LogP) is 6.72. The van der Waals surface area contributed by atoms with E-state index in [9.17, 15) is 9.59 Å². The van der Waals surface area contributed by atoms with E-state index < -0.39 is 17.9 Å². The van der Waals surface area contributed by atoms with E-state index >= 15 is 0 Å².